The number of carbonyl (C=O) groups is 1. The van der Waals surface area contributed by atoms with E-state index in [-0.39, 0.29) is 17.9 Å². The molecule has 8 heteroatoms. The molecule has 5 rings (SSSR count). The lowest BCUT2D eigenvalue weighted by Gasteiger charge is -2.15. The van der Waals surface area contributed by atoms with Crippen molar-refractivity contribution in [1.82, 2.24) is 15.1 Å². The number of carbonyl (C=O) groups excluding carboxylic acids is 1. The van der Waals surface area contributed by atoms with Crippen LogP contribution in [0.4, 0.5) is 13.2 Å². The summed E-state index contributed by atoms with van der Waals surface area (Å²) >= 11 is 0. The summed E-state index contributed by atoms with van der Waals surface area (Å²) < 4.78 is 47.7. The summed E-state index contributed by atoms with van der Waals surface area (Å²) in [6.07, 6.45) is -2.49. The number of fused-ring (bicyclic) bond motifs is 3. The molecule has 0 saturated carbocycles. The normalized spacial score (nSPS) is 12.8. The SMILES string of the molecule is O=C(NCc1ccccc1)c1ccc(-n2nc(C(F)(F)F)c3c2-c2ccoc2CC3)cc1. The molecule has 32 heavy (non-hydrogen) atoms. The molecular weight excluding hydrogens is 419 g/mol. The number of alkyl halides is 3. The smallest absolute Gasteiger partial charge is 0.435 e. The number of rotatable bonds is 4. The zero-order valence-electron chi connectivity index (χ0n) is 16.8. The second kappa shape index (κ2) is 7.71. The zero-order chi connectivity index (χ0) is 22.3. The quantitative estimate of drug-likeness (QED) is 0.479. The number of benzene rings is 2. The molecule has 2 aromatic heterocycles. The highest BCUT2D eigenvalue weighted by atomic mass is 19.4. The predicted molar refractivity (Wildman–Crippen MR) is 111 cm³/mol. The lowest BCUT2D eigenvalue weighted by atomic mass is 9.94. The van der Waals surface area contributed by atoms with Crippen molar-refractivity contribution in [1.29, 1.82) is 0 Å². The van der Waals surface area contributed by atoms with Gasteiger partial charge in [-0.1, -0.05) is 30.3 Å². The van der Waals surface area contributed by atoms with Crippen molar-refractivity contribution in [2.24, 2.45) is 0 Å². The molecular formula is C24H18F3N3O2. The average Bonchev–Trinajstić information content (AvgIpc) is 3.42. The lowest BCUT2D eigenvalue weighted by Crippen LogP contribution is -2.22. The molecule has 0 fully saturated rings. The van der Waals surface area contributed by atoms with E-state index in [0.29, 0.717) is 41.2 Å². The van der Waals surface area contributed by atoms with E-state index in [4.69, 9.17) is 4.42 Å². The molecule has 2 aromatic carbocycles. The summed E-state index contributed by atoms with van der Waals surface area (Å²) in [5.41, 5.74) is 2.08. The molecule has 162 valence electrons. The third-order valence-corrected chi connectivity index (χ3v) is 5.52. The fourth-order valence-electron chi connectivity index (χ4n) is 4.00. The number of hydrogen-bond donors (Lipinski definition) is 1. The third-order valence-electron chi connectivity index (χ3n) is 5.52. The highest BCUT2D eigenvalue weighted by Gasteiger charge is 2.41. The molecule has 0 radical (unpaired) electrons. The van der Waals surface area contributed by atoms with Crippen molar-refractivity contribution < 1.29 is 22.4 Å². The summed E-state index contributed by atoms with van der Waals surface area (Å²) in [4.78, 5) is 12.5. The Hall–Kier alpha value is -3.81. The fourth-order valence-corrected chi connectivity index (χ4v) is 4.00. The molecule has 1 aliphatic carbocycles. The first kappa shape index (κ1) is 20.1. The Balaban J connectivity index is 1.46. The van der Waals surface area contributed by atoms with Crippen LogP contribution in [-0.2, 0) is 25.6 Å². The minimum Gasteiger partial charge on any atom is -0.469 e. The van der Waals surface area contributed by atoms with Gasteiger partial charge in [-0.15, -0.1) is 0 Å². The van der Waals surface area contributed by atoms with Crippen molar-refractivity contribution in [3.63, 3.8) is 0 Å². The van der Waals surface area contributed by atoms with E-state index in [2.05, 4.69) is 10.4 Å². The molecule has 0 aliphatic heterocycles. The molecule has 0 spiro atoms. The maximum absolute atomic E-state index is 13.6. The van der Waals surface area contributed by atoms with Crippen LogP contribution in [0.1, 0.15) is 32.9 Å². The van der Waals surface area contributed by atoms with Crippen molar-refractivity contribution in [2.75, 3.05) is 0 Å². The second-order valence-corrected chi connectivity index (χ2v) is 7.56. The molecule has 1 N–H and O–H groups in total. The Morgan fingerprint density at radius 3 is 2.50 bits per heavy atom. The first-order valence-corrected chi connectivity index (χ1v) is 10.1. The second-order valence-electron chi connectivity index (χ2n) is 7.56. The average molecular weight is 437 g/mol. The van der Waals surface area contributed by atoms with Gasteiger partial charge < -0.3 is 9.73 Å². The van der Waals surface area contributed by atoms with E-state index in [1.807, 2.05) is 30.3 Å². The molecule has 0 atom stereocenters. The van der Waals surface area contributed by atoms with Crippen LogP contribution in [0.5, 0.6) is 0 Å². The Morgan fingerprint density at radius 1 is 1.03 bits per heavy atom. The minimum atomic E-state index is -4.56. The van der Waals surface area contributed by atoms with Crippen LogP contribution in [0.3, 0.4) is 0 Å². The van der Waals surface area contributed by atoms with Gasteiger partial charge in [-0.25, -0.2) is 4.68 Å². The topological polar surface area (TPSA) is 60.1 Å². The van der Waals surface area contributed by atoms with E-state index in [9.17, 15) is 18.0 Å². The van der Waals surface area contributed by atoms with Crippen molar-refractivity contribution in [3.8, 4) is 16.9 Å². The number of halogens is 3. The van der Waals surface area contributed by atoms with Gasteiger partial charge in [0.2, 0.25) is 0 Å². The highest BCUT2D eigenvalue weighted by Crippen LogP contribution is 2.42. The standard InChI is InChI=1S/C24H18F3N3O2/c25-24(26,27)22-19-10-11-20-18(12-13-32-20)21(19)30(29-22)17-8-6-16(7-9-17)23(31)28-14-15-4-2-1-3-5-15/h1-9,12-13H,10-11,14H2,(H,28,31). The van der Waals surface area contributed by atoms with Gasteiger partial charge in [-0.2, -0.15) is 18.3 Å². The maximum atomic E-state index is 13.6. The third kappa shape index (κ3) is 3.57. The summed E-state index contributed by atoms with van der Waals surface area (Å²) in [6, 6.07) is 17.5. The first-order valence-electron chi connectivity index (χ1n) is 10.1. The van der Waals surface area contributed by atoms with Crippen molar-refractivity contribution in [3.05, 3.63) is 95.1 Å². The van der Waals surface area contributed by atoms with E-state index < -0.39 is 11.9 Å². The number of furan rings is 1. The van der Waals surface area contributed by atoms with Gasteiger partial charge in [-0.05, 0) is 42.3 Å². The van der Waals surface area contributed by atoms with Crippen molar-refractivity contribution >= 4 is 5.91 Å². The number of hydrogen-bond acceptors (Lipinski definition) is 3. The number of aryl methyl sites for hydroxylation is 1. The molecule has 0 unspecified atom stereocenters. The van der Waals surface area contributed by atoms with Gasteiger partial charge in [0.25, 0.3) is 5.91 Å². The Labute approximate surface area is 181 Å². The molecule has 2 heterocycles. The van der Waals surface area contributed by atoms with E-state index >= 15 is 0 Å². The van der Waals surface area contributed by atoms with E-state index in [1.54, 1.807) is 30.3 Å². The Kier molecular flexibility index (Phi) is 4.84. The molecule has 0 bridgehead atoms. The van der Waals surface area contributed by atoms with Crippen LogP contribution in [0.25, 0.3) is 16.9 Å². The summed E-state index contributed by atoms with van der Waals surface area (Å²) in [7, 11) is 0. The predicted octanol–water partition coefficient (Wildman–Crippen LogP) is 5.18. The Morgan fingerprint density at radius 2 is 1.78 bits per heavy atom. The number of nitrogens with zero attached hydrogens (tertiary/aromatic N) is 2. The van der Waals surface area contributed by atoms with Gasteiger partial charge in [0.05, 0.1) is 17.6 Å². The number of nitrogens with one attached hydrogen (secondary N) is 1. The van der Waals surface area contributed by atoms with Crippen LogP contribution in [0, 0.1) is 0 Å². The lowest BCUT2D eigenvalue weighted by molar-refractivity contribution is -0.142. The molecule has 0 saturated heterocycles. The van der Waals surface area contributed by atoms with Crippen LogP contribution < -0.4 is 5.32 Å². The van der Waals surface area contributed by atoms with Gasteiger partial charge in [0.15, 0.2) is 5.69 Å². The van der Waals surface area contributed by atoms with Gasteiger partial charge in [-0.3, -0.25) is 4.79 Å². The monoisotopic (exact) mass is 437 g/mol. The molecule has 1 aliphatic rings. The molecule has 4 aromatic rings. The van der Waals surface area contributed by atoms with Crippen LogP contribution in [0.2, 0.25) is 0 Å². The van der Waals surface area contributed by atoms with Crippen LogP contribution >= 0.6 is 0 Å². The fraction of sp³-hybridized carbons (Fsp3) is 0.167. The van der Waals surface area contributed by atoms with Gasteiger partial charge >= 0.3 is 6.18 Å². The summed E-state index contributed by atoms with van der Waals surface area (Å²) in [6.45, 7) is 0.381. The maximum Gasteiger partial charge on any atom is 0.435 e. The summed E-state index contributed by atoms with van der Waals surface area (Å²) in [5.74, 6) is 0.375. The highest BCUT2D eigenvalue weighted by molar-refractivity contribution is 5.94. The molecule has 5 nitrogen and oxygen atoms in total. The zero-order valence-corrected chi connectivity index (χ0v) is 16.8. The number of aromatic nitrogens is 2. The van der Waals surface area contributed by atoms with Crippen molar-refractivity contribution in [2.45, 2.75) is 25.6 Å². The number of amides is 1. The molecule has 1 amide bonds. The van der Waals surface area contributed by atoms with Gasteiger partial charge in [0, 0.05) is 29.7 Å². The van der Waals surface area contributed by atoms with Crippen LogP contribution in [-0.4, -0.2) is 15.7 Å². The van der Waals surface area contributed by atoms with Crippen LogP contribution in [0.15, 0.2) is 71.3 Å². The Bertz CT molecular complexity index is 1270. The van der Waals surface area contributed by atoms with Gasteiger partial charge in [0.1, 0.15) is 5.76 Å². The minimum absolute atomic E-state index is 0.163. The van der Waals surface area contributed by atoms with E-state index in [0.717, 1.165) is 5.56 Å². The summed E-state index contributed by atoms with van der Waals surface area (Å²) in [5, 5.41) is 6.75. The van der Waals surface area contributed by atoms with E-state index in [1.165, 1.54) is 10.9 Å². The first-order chi connectivity index (χ1) is 15.4. The largest absolute Gasteiger partial charge is 0.469 e.